The van der Waals surface area contributed by atoms with E-state index in [-0.39, 0.29) is 12.8 Å². The zero-order valence-corrected chi connectivity index (χ0v) is 32.8. The molecule has 0 atom stereocenters. The molecule has 0 aliphatic rings. The van der Waals surface area contributed by atoms with Gasteiger partial charge in [0.2, 0.25) is 0 Å². The molecule has 0 unspecified atom stereocenters. The molecule has 0 aliphatic carbocycles. The number of hydrogen-bond acceptors (Lipinski definition) is 8. The number of carboxylic acids is 1. The number of carbonyl (C=O) groups is 5. The Balaban J connectivity index is 3.95. The first-order chi connectivity index (χ1) is 24.6. The molecule has 0 aromatic heterocycles. The number of esters is 4. The van der Waals surface area contributed by atoms with Crippen molar-refractivity contribution in [3.8, 4) is 0 Å². The van der Waals surface area contributed by atoms with Crippen LogP contribution in [0.4, 0.5) is 0 Å². The van der Waals surface area contributed by atoms with E-state index in [1.54, 1.807) is 0 Å². The van der Waals surface area contributed by atoms with Gasteiger partial charge in [-0.2, -0.15) is 0 Å². The minimum atomic E-state index is -2.85. The van der Waals surface area contributed by atoms with Crippen molar-refractivity contribution >= 4 is 29.8 Å². The first-order valence-electron chi connectivity index (χ1n) is 21.1. The smallest absolute Gasteiger partial charge is 0.336 e. The molecule has 2 N–H and O–H groups in total. The molecule has 0 aliphatic heterocycles. The minimum absolute atomic E-state index is 0.00531. The molecule has 0 bridgehead atoms. The second-order valence-corrected chi connectivity index (χ2v) is 14.8. The fourth-order valence-corrected chi connectivity index (χ4v) is 6.40. The first kappa shape index (κ1) is 48.7. The molecule has 51 heavy (non-hydrogen) atoms. The Morgan fingerprint density at radius 2 is 0.588 bits per heavy atom. The van der Waals surface area contributed by atoms with E-state index in [0.717, 1.165) is 38.5 Å². The summed E-state index contributed by atoms with van der Waals surface area (Å²) in [7, 11) is 0. The number of aliphatic hydroxyl groups is 1. The maximum absolute atomic E-state index is 12.2. The van der Waals surface area contributed by atoms with Gasteiger partial charge in [-0.15, -0.1) is 0 Å². The van der Waals surface area contributed by atoms with Gasteiger partial charge in [0.05, 0.1) is 12.8 Å². The molecular weight excluding hydrogens is 648 g/mol. The fourth-order valence-electron chi connectivity index (χ4n) is 6.40. The van der Waals surface area contributed by atoms with Gasteiger partial charge in [0.25, 0.3) is 0 Å². The highest BCUT2D eigenvalue weighted by Gasteiger charge is 2.42. The summed E-state index contributed by atoms with van der Waals surface area (Å²) in [5, 5.41) is 19.9. The summed E-state index contributed by atoms with van der Waals surface area (Å²) in [6.45, 7) is 4.48. The van der Waals surface area contributed by atoms with Crippen molar-refractivity contribution in [2.45, 2.75) is 238 Å². The maximum Gasteiger partial charge on any atom is 0.336 e. The van der Waals surface area contributed by atoms with Gasteiger partial charge >= 0.3 is 29.8 Å². The molecular formula is C42H76O9. The lowest BCUT2D eigenvalue weighted by Crippen LogP contribution is -2.44. The zero-order chi connectivity index (χ0) is 37.8. The monoisotopic (exact) mass is 725 g/mol. The third kappa shape index (κ3) is 32.1. The topological polar surface area (TPSA) is 144 Å². The van der Waals surface area contributed by atoms with Gasteiger partial charge in [-0.3, -0.25) is 19.2 Å². The minimum Gasteiger partial charge on any atom is -0.479 e. The Hall–Kier alpha value is -2.29. The first-order valence-corrected chi connectivity index (χ1v) is 21.1. The standard InChI is InChI=1S/C42H76O9/c1-3-5-7-9-11-13-15-17-19-21-23-25-27-29-31-33-37(43)50-39(45)35-42(49,41(47)48)36-40(46)51-38(44)34-32-30-28-26-24-22-20-18-16-14-12-10-8-6-4-2/h49H,3-36H2,1-2H3,(H,47,48). The van der Waals surface area contributed by atoms with E-state index in [2.05, 4.69) is 13.8 Å². The summed E-state index contributed by atoms with van der Waals surface area (Å²) in [5.41, 5.74) is -2.85. The fraction of sp³-hybridized carbons (Fsp3) is 0.881. The molecule has 0 fully saturated rings. The zero-order valence-electron chi connectivity index (χ0n) is 32.8. The van der Waals surface area contributed by atoms with Gasteiger partial charge in [0.15, 0.2) is 5.60 Å². The molecule has 0 rings (SSSR count). The van der Waals surface area contributed by atoms with Crippen LogP contribution in [0.5, 0.6) is 0 Å². The lowest BCUT2D eigenvalue weighted by molar-refractivity contribution is -0.177. The van der Waals surface area contributed by atoms with Crippen molar-refractivity contribution in [3.63, 3.8) is 0 Å². The number of carboxylic acid groups (broad SMARTS) is 1. The predicted molar refractivity (Wildman–Crippen MR) is 203 cm³/mol. The van der Waals surface area contributed by atoms with E-state index >= 15 is 0 Å². The van der Waals surface area contributed by atoms with E-state index in [9.17, 15) is 34.2 Å². The molecule has 9 heteroatoms. The van der Waals surface area contributed by atoms with E-state index < -0.39 is 48.3 Å². The second-order valence-electron chi connectivity index (χ2n) is 14.8. The van der Waals surface area contributed by atoms with E-state index in [4.69, 9.17) is 9.47 Å². The SMILES string of the molecule is CCCCCCCCCCCCCCCCCC(=O)OC(=O)CC(O)(CC(=O)OC(=O)CCCCCCCCCCCCCCCCC)C(=O)O. The number of carbonyl (C=O) groups excluding carboxylic acids is 4. The van der Waals surface area contributed by atoms with Crippen LogP contribution < -0.4 is 0 Å². The Morgan fingerprint density at radius 1 is 0.373 bits per heavy atom. The third-order valence-corrected chi connectivity index (χ3v) is 9.70. The van der Waals surface area contributed by atoms with E-state index in [1.807, 2.05) is 0 Å². The van der Waals surface area contributed by atoms with E-state index in [1.165, 1.54) is 141 Å². The summed E-state index contributed by atoms with van der Waals surface area (Å²) < 4.78 is 9.39. The number of hydrogen-bond donors (Lipinski definition) is 2. The number of rotatable bonds is 37. The van der Waals surface area contributed by atoms with Gasteiger partial charge in [-0.05, 0) is 12.8 Å². The number of aliphatic carboxylic acids is 1. The lowest BCUT2D eigenvalue weighted by atomic mass is 9.96. The average Bonchev–Trinajstić information content (AvgIpc) is 3.07. The van der Waals surface area contributed by atoms with Crippen molar-refractivity contribution in [2.24, 2.45) is 0 Å². The van der Waals surface area contributed by atoms with Crippen LogP contribution in [0.15, 0.2) is 0 Å². The van der Waals surface area contributed by atoms with Gasteiger partial charge in [-0.1, -0.05) is 194 Å². The highest BCUT2D eigenvalue weighted by Crippen LogP contribution is 2.20. The normalized spacial score (nSPS) is 11.4. The molecule has 0 radical (unpaired) electrons. The van der Waals surface area contributed by atoms with Gasteiger partial charge in [0, 0.05) is 12.8 Å². The summed E-state index contributed by atoms with van der Waals surface area (Å²) in [6, 6.07) is 0. The van der Waals surface area contributed by atoms with Gasteiger partial charge in [-0.25, -0.2) is 4.79 Å². The van der Waals surface area contributed by atoms with Crippen LogP contribution in [-0.2, 0) is 33.4 Å². The van der Waals surface area contributed by atoms with Crippen LogP contribution in [0.2, 0.25) is 0 Å². The molecule has 0 aromatic rings. The van der Waals surface area contributed by atoms with Gasteiger partial charge < -0.3 is 19.7 Å². The highest BCUT2D eigenvalue weighted by molar-refractivity contribution is 5.94. The average molecular weight is 725 g/mol. The molecule has 0 heterocycles. The van der Waals surface area contributed by atoms with Crippen LogP contribution in [0.1, 0.15) is 232 Å². The van der Waals surface area contributed by atoms with Gasteiger partial charge in [0.1, 0.15) is 0 Å². The van der Waals surface area contributed by atoms with Crippen molar-refractivity contribution < 1.29 is 43.7 Å². The van der Waals surface area contributed by atoms with Crippen LogP contribution in [0.25, 0.3) is 0 Å². The molecule has 0 saturated carbocycles. The van der Waals surface area contributed by atoms with Crippen LogP contribution in [0.3, 0.4) is 0 Å². The van der Waals surface area contributed by atoms with Crippen molar-refractivity contribution in [3.05, 3.63) is 0 Å². The third-order valence-electron chi connectivity index (χ3n) is 9.70. The Bertz CT molecular complexity index is 839. The Kier molecular flexibility index (Phi) is 33.2. The molecule has 0 saturated heterocycles. The summed E-state index contributed by atoms with van der Waals surface area (Å²) in [5.74, 6) is -5.95. The van der Waals surface area contributed by atoms with Crippen LogP contribution in [0, 0.1) is 0 Å². The molecule has 9 nitrogen and oxygen atoms in total. The lowest BCUT2D eigenvalue weighted by Gasteiger charge is -2.20. The summed E-state index contributed by atoms with van der Waals surface area (Å²) in [6.07, 6.45) is 33.3. The number of unbranched alkanes of at least 4 members (excludes halogenated alkanes) is 28. The maximum atomic E-state index is 12.2. The van der Waals surface area contributed by atoms with Crippen LogP contribution in [-0.4, -0.2) is 45.7 Å². The largest absolute Gasteiger partial charge is 0.479 e. The Labute approximate surface area is 310 Å². The van der Waals surface area contributed by atoms with Crippen LogP contribution >= 0.6 is 0 Å². The molecule has 0 aromatic carbocycles. The Morgan fingerprint density at radius 3 is 0.804 bits per heavy atom. The van der Waals surface area contributed by atoms with Crippen molar-refractivity contribution in [2.75, 3.05) is 0 Å². The molecule has 0 amide bonds. The quantitative estimate of drug-likeness (QED) is 0.0363. The van der Waals surface area contributed by atoms with Crippen molar-refractivity contribution in [1.82, 2.24) is 0 Å². The van der Waals surface area contributed by atoms with E-state index in [0.29, 0.717) is 12.8 Å². The highest BCUT2D eigenvalue weighted by atomic mass is 16.6. The summed E-state index contributed by atoms with van der Waals surface area (Å²) >= 11 is 0. The summed E-state index contributed by atoms with van der Waals surface area (Å²) in [4.78, 5) is 60.3. The molecule has 298 valence electrons. The molecule has 0 spiro atoms. The van der Waals surface area contributed by atoms with Crippen molar-refractivity contribution in [1.29, 1.82) is 0 Å². The predicted octanol–water partition coefficient (Wildman–Crippen LogP) is 11.2. The second kappa shape index (κ2) is 34.8. The number of ether oxygens (including phenoxy) is 2.